The van der Waals surface area contributed by atoms with Crippen LogP contribution in [-0.4, -0.2) is 11.6 Å². The molecular weight excluding hydrogens is 267 g/mol. The van der Waals surface area contributed by atoms with E-state index in [1.807, 2.05) is 18.2 Å². The molecule has 0 fully saturated rings. The summed E-state index contributed by atoms with van der Waals surface area (Å²) in [5.74, 6) is -0.830. The molecule has 4 heteroatoms. The molecule has 1 aliphatic rings. The highest BCUT2D eigenvalue weighted by Gasteiger charge is 2.15. The number of aryl methyl sites for hydroxylation is 1. The predicted octanol–water partition coefficient (Wildman–Crippen LogP) is 3.30. The average Bonchev–Trinajstić information content (AvgIpc) is 2.52. The summed E-state index contributed by atoms with van der Waals surface area (Å²) in [5, 5.41) is 4.23. The van der Waals surface area contributed by atoms with Crippen molar-refractivity contribution in [3.05, 3.63) is 71.0 Å². The number of nitrogens with zero attached hydrogens (tertiary/aromatic N) is 1. The number of hydrogen-bond donors (Lipinski definition) is 1. The van der Waals surface area contributed by atoms with Crippen LogP contribution in [0.3, 0.4) is 0 Å². The van der Waals surface area contributed by atoms with Crippen LogP contribution in [-0.2, 0) is 6.42 Å². The van der Waals surface area contributed by atoms with E-state index in [0.29, 0.717) is 0 Å². The molecule has 0 heterocycles. The summed E-state index contributed by atoms with van der Waals surface area (Å²) in [5.41, 5.74) is 6.00. The zero-order valence-corrected chi connectivity index (χ0v) is 11.5. The molecule has 3 nitrogen and oxygen atoms in total. The number of halogens is 1. The third kappa shape index (κ3) is 2.99. The molecule has 0 unspecified atom stereocenters. The van der Waals surface area contributed by atoms with E-state index in [0.717, 1.165) is 30.5 Å². The van der Waals surface area contributed by atoms with Gasteiger partial charge < -0.3 is 0 Å². The van der Waals surface area contributed by atoms with E-state index in [1.165, 1.54) is 23.8 Å². The number of nitrogens with one attached hydrogen (secondary N) is 1. The van der Waals surface area contributed by atoms with Crippen molar-refractivity contribution in [1.29, 1.82) is 0 Å². The van der Waals surface area contributed by atoms with Crippen LogP contribution in [0.5, 0.6) is 0 Å². The maximum Gasteiger partial charge on any atom is 0.271 e. The minimum Gasteiger partial charge on any atom is -0.267 e. The first kappa shape index (κ1) is 13.5. The lowest BCUT2D eigenvalue weighted by Gasteiger charge is -2.17. The second kappa shape index (κ2) is 5.87. The summed E-state index contributed by atoms with van der Waals surface area (Å²) in [6.07, 6.45) is 2.89. The number of hydrazone groups is 1. The van der Waals surface area contributed by atoms with Crippen LogP contribution in [0.15, 0.2) is 53.6 Å². The lowest BCUT2D eigenvalue weighted by Crippen LogP contribution is -2.22. The number of rotatable bonds is 2. The number of benzene rings is 2. The molecule has 2 aromatic rings. The number of fused-ring (bicyclic) bond motifs is 1. The van der Waals surface area contributed by atoms with Crippen molar-refractivity contribution in [3.8, 4) is 0 Å². The quantitative estimate of drug-likeness (QED) is 0.844. The van der Waals surface area contributed by atoms with Crippen molar-refractivity contribution in [3.63, 3.8) is 0 Å². The standard InChI is InChI=1S/C17H15FN2O/c18-14-8-3-7-13(11-14)17(21)20-19-16-10-4-6-12-5-1-2-9-15(12)16/h1-3,5,7-9,11H,4,6,10H2,(H,20,21)/b19-16-. The van der Waals surface area contributed by atoms with E-state index in [9.17, 15) is 9.18 Å². The van der Waals surface area contributed by atoms with Gasteiger partial charge >= 0.3 is 0 Å². The molecule has 21 heavy (non-hydrogen) atoms. The van der Waals surface area contributed by atoms with Gasteiger partial charge in [-0.3, -0.25) is 4.79 Å². The van der Waals surface area contributed by atoms with Crippen LogP contribution in [0.25, 0.3) is 0 Å². The minimum absolute atomic E-state index is 0.267. The molecule has 2 aromatic carbocycles. The first-order valence-corrected chi connectivity index (χ1v) is 6.95. The lowest BCUT2D eigenvalue weighted by atomic mass is 9.90. The van der Waals surface area contributed by atoms with Gasteiger partial charge in [-0.1, -0.05) is 30.3 Å². The maximum atomic E-state index is 13.1. The van der Waals surface area contributed by atoms with E-state index >= 15 is 0 Å². The molecule has 106 valence electrons. The van der Waals surface area contributed by atoms with Gasteiger partial charge in [0.2, 0.25) is 0 Å². The maximum absolute atomic E-state index is 13.1. The molecule has 1 amide bonds. The van der Waals surface area contributed by atoms with Gasteiger partial charge in [-0.2, -0.15) is 5.10 Å². The monoisotopic (exact) mass is 282 g/mol. The average molecular weight is 282 g/mol. The van der Waals surface area contributed by atoms with Gasteiger partial charge in [-0.25, -0.2) is 9.82 Å². The molecular formula is C17H15FN2O. The molecule has 1 N–H and O–H groups in total. The Balaban J connectivity index is 1.79. The lowest BCUT2D eigenvalue weighted by molar-refractivity contribution is 0.0954. The topological polar surface area (TPSA) is 41.5 Å². The largest absolute Gasteiger partial charge is 0.271 e. The summed E-state index contributed by atoms with van der Waals surface area (Å²) in [4.78, 5) is 12.0. The van der Waals surface area contributed by atoms with Crippen molar-refractivity contribution in [1.82, 2.24) is 5.43 Å². The second-order valence-electron chi connectivity index (χ2n) is 5.02. The highest BCUT2D eigenvalue weighted by atomic mass is 19.1. The number of hydrogen-bond acceptors (Lipinski definition) is 2. The first-order valence-electron chi connectivity index (χ1n) is 6.95. The van der Waals surface area contributed by atoms with Crippen LogP contribution in [0.2, 0.25) is 0 Å². The number of amides is 1. The Hall–Kier alpha value is -2.49. The van der Waals surface area contributed by atoms with Gasteiger partial charge in [-0.15, -0.1) is 0 Å². The fourth-order valence-corrected chi connectivity index (χ4v) is 2.53. The highest BCUT2D eigenvalue weighted by molar-refractivity contribution is 6.04. The Morgan fingerprint density at radius 2 is 1.95 bits per heavy atom. The zero-order chi connectivity index (χ0) is 14.7. The Labute approximate surface area is 122 Å². The molecule has 0 aromatic heterocycles. The van der Waals surface area contributed by atoms with E-state index in [4.69, 9.17) is 0 Å². The van der Waals surface area contributed by atoms with Crippen molar-refractivity contribution in [2.75, 3.05) is 0 Å². The fourth-order valence-electron chi connectivity index (χ4n) is 2.53. The summed E-state index contributed by atoms with van der Waals surface area (Å²) < 4.78 is 13.1. The molecule has 0 saturated carbocycles. The molecule has 3 rings (SSSR count). The second-order valence-corrected chi connectivity index (χ2v) is 5.02. The van der Waals surface area contributed by atoms with Crippen molar-refractivity contribution in [2.45, 2.75) is 19.3 Å². The SMILES string of the molecule is O=C(N/N=C1/CCCc2ccccc21)c1cccc(F)c1. The van der Waals surface area contributed by atoms with E-state index in [2.05, 4.69) is 16.6 Å². The van der Waals surface area contributed by atoms with Gasteiger partial charge in [-0.05, 0) is 43.0 Å². The molecule has 0 bridgehead atoms. The van der Waals surface area contributed by atoms with Crippen LogP contribution in [0, 0.1) is 5.82 Å². The zero-order valence-electron chi connectivity index (χ0n) is 11.5. The summed E-state index contributed by atoms with van der Waals surface area (Å²) in [6, 6.07) is 13.6. The van der Waals surface area contributed by atoms with Crippen LogP contribution < -0.4 is 5.43 Å². The van der Waals surface area contributed by atoms with Gasteiger partial charge in [0.1, 0.15) is 5.82 Å². The van der Waals surface area contributed by atoms with Crippen LogP contribution in [0.1, 0.15) is 34.3 Å². The minimum atomic E-state index is -0.432. The normalized spacial score (nSPS) is 15.6. The summed E-state index contributed by atoms with van der Waals surface area (Å²) in [7, 11) is 0. The molecule has 0 radical (unpaired) electrons. The van der Waals surface area contributed by atoms with Crippen LogP contribution >= 0.6 is 0 Å². The Morgan fingerprint density at radius 1 is 1.10 bits per heavy atom. The summed E-state index contributed by atoms with van der Waals surface area (Å²) >= 11 is 0. The molecule has 0 spiro atoms. The fraction of sp³-hybridized carbons (Fsp3) is 0.176. The number of carbonyl (C=O) groups is 1. The third-order valence-electron chi connectivity index (χ3n) is 3.57. The summed E-state index contributed by atoms with van der Waals surface area (Å²) in [6.45, 7) is 0. The smallest absolute Gasteiger partial charge is 0.267 e. The first-order chi connectivity index (χ1) is 10.2. The van der Waals surface area contributed by atoms with E-state index < -0.39 is 11.7 Å². The van der Waals surface area contributed by atoms with Gasteiger partial charge in [0.25, 0.3) is 5.91 Å². The Kier molecular flexibility index (Phi) is 3.77. The van der Waals surface area contributed by atoms with E-state index in [-0.39, 0.29) is 5.56 Å². The molecule has 1 aliphatic carbocycles. The van der Waals surface area contributed by atoms with Crippen LogP contribution in [0.4, 0.5) is 4.39 Å². The van der Waals surface area contributed by atoms with Gasteiger partial charge in [0.05, 0.1) is 5.71 Å². The van der Waals surface area contributed by atoms with Crippen molar-refractivity contribution >= 4 is 11.6 Å². The molecule has 0 aliphatic heterocycles. The molecule has 0 saturated heterocycles. The van der Waals surface area contributed by atoms with Crippen molar-refractivity contribution in [2.24, 2.45) is 5.10 Å². The third-order valence-corrected chi connectivity index (χ3v) is 3.57. The van der Waals surface area contributed by atoms with Crippen molar-refractivity contribution < 1.29 is 9.18 Å². The predicted molar refractivity (Wildman–Crippen MR) is 79.8 cm³/mol. The van der Waals surface area contributed by atoms with Gasteiger partial charge in [0, 0.05) is 11.1 Å². The molecule has 0 atom stereocenters. The van der Waals surface area contributed by atoms with Gasteiger partial charge in [0.15, 0.2) is 0 Å². The Bertz CT molecular complexity index is 709. The Morgan fingerprint density at radius 3 is 2.81 bits per heavy atom. The van der Waals surface area contributed by atoms with E-state index in [1.54, 1.807) is 6.07 Å². The highest BCUT2D eigenvalue weighted by Crippen LogP contribution is 2.21. The number of carbonyl (C=O) groups excluding carboxylic acids is 1.